The zero-order valence-corrected chi connectivity index (χ0v) is 8.12. The van der Waals surface area contributed by atoms with Gasteiger partial charge in [0.25, 0.3) is 5.91 Å². The van der Waals surface area contributed by atoms with Gasteiger partial charge in [-0.05, 0) is 0 Å². The van der Waals surface area contributed by atoms with Crippen LogP contribution in [0.3, 0.4) is 0 Å². The summed E-state index contributed by atoms with van der Waals surface area (Å²) >= 11 is 1.49. The molecule has 1 rings (SSSR count). The van der Waals surface area contributed by atoms with Crippen molar-refractivity contribution >= 4 is 23.8 Å². The zero-order valence-electron chi connectivity index (χ0n) is 7.30. The Morgan fingerprint density at radius 1 is 1.71 bits per heavy atom. The highest BCUT2D eigenvalue weighted by Gasteiger charge is 2.29. The number of hydrogen-bond acceptors (Lipinski definition) is 5. The fourth-order valence-corrected chi connectivity index (χ4v) is 2.11. The molecule has 1 heterocycles. The second-order valence-electron chi connectivity index (χ2n) is 2.62. The van der Waals surface area contributed by atoms with Gasteiger partial charge in [-0.1, -0.05) is 0 Å². The molecule has 0 spiro atoms. The predicted molar refractivity (Wildman–Crippen MR) is 49.1 cm³/mol. The molecule has 1 aliphatic rings. The molecule has 1 fully saturated rings. The molecule has 76 valence electrons. The number of nitrogens with zero attached hydrogens (tertiary/aromatic N) is 2. The van der Waals surface area contributed by atoms with Crippen molar-refractivity contribution in [3.8, 4) is 6.07 Å². The zero-order chi connectivity index (χ0) is 10.6. The topological polar surface area (TPSA) is 96.4 Å². The van der Waals surface area contributed by atoms with E-state index in [2.05, 4.69) is 4.74 Å². The first-order valence-electron chi connectivity index (χ1n) is 3.84. The Hall–Kier alpha value is -1.42. The molecule has 0 aromatic carbocycles. The van der Waals surface area contributed by atoms with Gasteiger partial charge in [-0.3, -0.25) is 4.79 Å². The van der Waals surface area contributed by atoms with Crippen LogP contribution in [0.15, 0.2) is 0 Å². The van der Waals surface area contributed by atoms with Gasteiger partial charge in [-0.25, -0.2) is 4.79 Å². The maximum absolute atomic E-state index is 11.3. The van der Waals surface area contributed by atoms with Crippen LogP contribution in [0, 0.1) is 11.3 Å². The number of hydrogen-bond donors (Lipinski definition) is 1. The standard InChI is InChI=1S/C7H9N3O3S/c8-1-5-3-14-4-10(5)6(11)2-13-7(9)12/h5H,2-4H2,(H2,9,12). The second kappa shape index (κ2) is 4.72. The molecule has 2 N–H and O–H groups in total. The molecule has 0 bridgehead atoms. The number of nitriles is 1. The lowest BCUT2D eigenvalue weighted by molar-refractivity contribution is -0.133. The molecule has 0 aromatic heterocycles. The number of rotatable bonds is 2. The molecular formula is C7H9N3O3S. The average molecular weight is 215 g/mol. The van der Waals surface area contributed by atoms with Crippen molar-refractivity contribution in [2.45, 2.75) is 6.04 Å². The van der Waals surface area contributed by atoms with Gasteiger partial charge in [0.2, 0.25) is 0 Å². The number of nitrogens with two attached hydrogens (primary N) is 1. The monoisotopic (exact) mass is 215 g/mol. The summed E-state index contributed by atoms with van der Waals surface area (Å²) in [5.74, 6) is 0.665. The van der Waals surface area contributed by atoms with Crippen LogP contribution in [0.25, 0.3) is 0 Å². The van der Waals surface area contributed by atoms with Crippen molar-refractivity contribution < 1.29 is 14.3 Å². The SMILES string of the molecule is N#CC1CSCN1C(=O)COC(N)=O. The minimum atomic E-state index is -0.987. The fourth-order valence-electron chi connectivity index (χ4n) is 1.01. The molecule has 0 radical (unpaired) electrons. The Bertz CT molecular complexity index is 288. The van der Waals surface area contributed by atoms with E-state index in [4.69, 9.17) is 11.0 Å². The van der Waals surface area contributed by atoms with Crippen LogP contribution in [-0.2, 0) is 9.53 Å². The van der Waals surface area contributed by atoms with Crippen molar-refractivity contribution in [3.63, 3.8) is 0 Å². The van der Waals surface area contributed by atoms with E-state index in [1.54, 1.807) is 0 Å². The average Bonchev–Trinajstić information content (AvgIpc) is 2.61. The first-order valence-corrected chi connectivity index (χ1v) is 4.99. The van der Waals surface area contributed by atoms with Crippen LogP contribution in [0.2, 0.25) is 0 Å². The van der Waals surface area contributed by atoms with E-state index in [0.717, 1.165) is 0 Å². The molecular weight excluding hydrogens is 206 g/mol. The minimum Gasteiger partial charge on any atom is -0.440 e. The third kappa shape index (κ3) is 2.53. The fraction of sp³-hybridized carbons (Fsp3) is 0.571. The summed E-state index contributed by atoms with van der Waals surface area (Å²) in [5.41, 5.74) is 4.70. The molecule has 2 amide bonds. The maximum atomic E-state index is 11.3. The van der Waals surface area contributed by atoms with Crippen molar-refractivity contribution in [2.24, 2.45) is 5.73 Å². The third-order valence-corrected chi connectivity index (χ3v) is 2.70. The van der Waals surface area contributed by atoms with Crippen LogP contribution < -0.4 is 5.73 Å². The Kier molecular flexibility index (Phi) is 3.59. The van der Waals surface area contributed by atoms with E-state index >= 15 is 0 Å². The van der Waals surface area contributed by atoms with E-state index in [0.29, 0.717) is 11.6 Å². The number of carbonyl (C=O) groups excluding carboxylic acids is 2. The molecule has 1 saturated heterocycles. The lowest BCUT2D eigenvalue weighted by Crippen LogP contribution is -2.38. The molecule has 1 unspecified atom stereocenters. The Morgan fingerprint density at radius 2 is 2.43 bits per heavy atom. The third-order valence-electron chi connectivity index (χ3n) is 1.69. The molecule has 0 aliphatic carbocycles. The van der Waals surface area contributed by atoms with Crippen molar-refractivity contribution in [1.29, 1.82) is 5.26 Å². The van der Waals surface area contributed by atoms with E-state index in [1.165, 1.54) is 16.7 Å². The van der Waals surface area contributed by atoms with Crippen LogP contribution >= 0.6 is 11.8 Å². The van der Waals surface area contributed by atoms with Gasteiger partial charge in [0.1, 0.15) is 6.04 Å². The van der Waals surface area contributed by atoms with Gasteiger partial charge in [-0.15, -0.1) is 11.8 Å². The largest absolute Gasteiger partial charge is 0.440 e. The predicted octanol–water partition coefficient (Wildman–Crippen LogP) is -0.493. The van der Waals surface area contributed by atoms with Gasteiger partial charge < -0.3 is 15.4 Å². The highest BCUT2D eigenvalue weighted by atomic mass is 32.2. The first-order chi connectivity index (χ1) is 6.65. The summed E-state index contributed by atoms with van der Waals surface area (Å²) in [4.78, 5) is 22.9. The van der Waals surface area contributed by atoms with Gasteiger partial charge >= 0.3 is 6.09 Å². The number of primary amides is 1. The van der Waals surface area contributed by atoms with Gasteiger partial charge in [0.05, 0.1) is 11.9 Å². The van der Waals surface area contributed by atoms with Crippen molar-refractivity contribution in [1.82, 2.24) is 4.90 Å². The molecule has 14 heavy (non-hydrogen) atoms. The van der Waals surface area contributed by atoms with Crippen LogP contribution in [0.5, 0.6) is 0 Å². The maximum Gasteiger partial charge on any atom is 0.405 e. The summed E-state index contributed by atoms with van der Waals surface area (Å²) in [6, 6.07) is 1.57. The summed E-state index contributed by atoms with van der Waals surface area (Å²) < 4.78 is 4.34. The highest BCUT2D eigenvalue weighted by Crippen LogP contribution is 2.20. The van der Waals surface area contributed by atoms with Crippen LogP contribution in [0.1, 0.15) is 0 Å². The number of thioether (sulfide) groups is 1. The van der Waals surface area contributed by atoms with E-state index < -0.39 is 18.7 Å². The molecule has 7 heteroatoms. The first kappa shape index (κ1) is 10.7. The van der Waals surface area contributed by atoms with E-state index in [-0.39, 0.29) is 5.91 Å². The molecule has 0 saturated carbocycles. The van der Waals surface area contributed by atoms with Gasteiger partial charge in [-0.2, -0.15) is 5.26 Å². The lowest BCUT2D eigenvalue weighted by atomic mass is 10.3. The quantitative estimate of drug-likeness (QED) is 0.670. The van der Waals surface area contributed by atoms with E-state index in [9.17, 15) is 9.59 Å². The van der Waals surface area contributed by atoms with Crippen molar-refractivity contribution in [2.75, 3.05) is 18.2 Å². The Balaban J connectivity index is 2.44. The second-order valence-corrected chi connectivity index (χ2v) is 3.62. The molecule has 1 aliphatic heterocycles. The number of carbonyl (C=O) groups is 2. The number of amides is 2. The summed E-state index contributed by atoms with van der Waals surface area (Å²) in [6.07, 6.45) is -0.987. The molecule has 1 atom stereocenters. The van der Waals surface area contributed by atoms with Gasteiger partial charge in [0.15, 0.2) is 6.61 Å². The normalized spacial score (nSPS) is 20.2. The number of ether oxygens (including phenoxy) is 1. The summed E-state index contributed by atoms with van der Waals surface area (Å²) in [5, 5.41) is 8.67. The molecule has 6 nitrogen and oxygen atoms in total. The Morgan fingerprint density at radius 3 is 3.00 bits per heavy atom. The smallest absolute Gasteiger partial charge is 0.405 e. The van der Waals surface area contributed by atoms with E-state index in [1.807, 2.05) is 6.07 Å². The van der Waals surface area contributed by atoms with Crippen LogP contribution in [0.4, 0.5) is 4.79 Å². The lowest BCUT2D eigenvalue weighted by Gasteiger charge is -2.17. The minimum absolute atomic E-state index is 0.389. The summed E-state index contributed by atoms with van der Waals surface area (Å²) in [6.45, 7) is -0.395. The molecule has 0 aromatic rings. The summed E-state index contributed by atoms with van der Waals surface area (Å²) in [7, 11) is 0. The van der Waals surface area contributed by atoms with Gasteiger partial charge in [0, 0.05) is 5.75 Å². The highest BCUT2D eigenvalue weighted by molar-refractivity contribution is 7.99. The van der Waals surface area contributed by atoms with Crippen LogP contribution in [-0.4, -0.2) is 41.2 Å². The van der Waals surface area contributed by atoms with Crippen molar-refractivity contribution in [3.05, 3.63) is 0 Å². The Labute approximate surface area is 85.0 Å².